The smallest absolute Gasteiger partial charge is 0.405 e. The predicted octanol–water partition coefficient (Wildman–Crippen LogP) is 2.54. The third-order valence-corrected chi connectivity index (χ3v) is 3.28. The summed E-state index contributed by atoms with van der Waals surface area (Å²) in [5.74, 6) is -0.338. The number of halogens is 1. The van der Waals surface area contributed by atoms with Crippen LogP contribution in [0.3, 0.4) is 0 Å². The first-order valence-corrected chi connectivity index (χ1v) is 7.05. The van der Waals surface area contributed by atoms with Crippen molar-refractivity contribution >= 4 is 27.9 Å². The molecule has 0 radical (unpaired) electrons. The van der Waals surface area contributed by atoms with Gasteiger partial charge >= 0.3 is 6.09 Å². The largest absolute Gasteiger partial charge is 0.465 e. The lowest BCUT2D eigenvalue weighted by Crippen LogP contribution is -2.52. The molecular formula is C14H19BrN2O3. The minimum absolute atomic E-state index is 0.338. The van der Waals surface area contributed by atoms with Crippen LogP contribution in [0, 0.1) is 0 Å². The van der Waals surface area contributed by atoms with Crippen LogP contribution in [-0.4, -0.2) is 28.7 Å². The maximum atomic E-state index is 11.9. The zero-order valence-electron chi connectivity index (χ0n) is 11.7. The summed E-state index contributed by atoms with van der Waals surface area (Å²) >= 11 is 3.37. The van der Waals surface area contributed by atoms with E-state index in [0.29, 0.717) is 6.42 Å². The van der Waals surface area contributed by atoms with Gasteiger partial charge in [0, 0.05) is 10.0 Å². The SMILES string of the molecule is C[C@H](NC(=O)O)C(=O)NC(C)(C)Cc1ccc(Br)cc1. The van der Waals surface area contributed by atoms with E-state index in [1.807, 2.05) is 38.1 Å². The Balaban J connectivity index is 2.62. The van der Waals surface area contributed by atoms with E-state index >= 15 is 0 Å². The molecule has 0 saturated carbocycles. The lowest BCUT2D eigenvalue weighted by atomic mass is 9.94. The Labute approximate surface area is 126 Å². The van der Waals surface area contributed by atoms with Crippen molar-refractivity contribution in [3.8, 4) is 0 Å². The van der Waals surface area contributed by atoms with E-state index in [9.17, 15) is 9.59 Å². The number of carbonyl (C=O) groups is 2. The van der Waals surface area contributed by atoms with Gasteiger partial charge in [-0.3, -0.25) is 4.79 Å². The van der Waals surface area contributed by atoms with E-state index in [2.05, 4.69) is 26.6 Å². The van der Waals surface area contributed by atoms with Gasteiger partial charge in [0.2, 0.25) is 5.91 Å². The zero-order chi connectivity index (χ0) is 15.3. The van der Waals surface area contributed by atoms with E-state index < -0.39 is 17.7 Å². The second-order valence-electron chi connectivity index (χ2n) is 5.35. The fourth-order valence-electron chi connectivity index (χ4n) is 1.85. The number of benzene rings is 1. The van der Waals surface area contributed by atoms with Gasteiger partial charge < -0.3 is 15.7 Å². The maximum absolute atomic E-state index is 11.9. The molecule has 1 atom stereocenters. The van der Waals surface area contributed by atoms with Crippen molar-refractivity contribution in [2.24, 2.45) is 0 Å². The molecule has 0 spiro atoms. The number of amides is 2. The Morgan fingerprint density at radius 1 is 1.30 bits per heavy atom. The molecule has 0 fully saturated rings. The van der Waals surface area contributed by atoms with Crippen LogP contribution < -0.4 is 10.6 Å². The Bertz CT molecular complexity index is 486. The van der Waals surface area contributed by atoms with Gasteiger partial charge in [-0.05, 0) is 44.9 Å². The lowest BCUT2D eigenvalue weighted by Gasteiger charge is -2.28. The number of carbonyl (C=O) groups excluding carboxylic acids is 1. The summed E-state index contributed by atoms with van der Waals surface area (Å²) in [4.78, 5) is 22.4. The van der Waals surface area contributed by atoms with Crippen molar-refractivity contribution in [3.05, 3.63) is 34.3 Å². The van der Waals surface area contributed by atoms with Crippen molar-refractivity contribution < 1.29 is 14.7 Å². The quantitative estimate of drug-likeness (QED) is 0.769. The van der Waals surface area contributed by atoms with Crippen LogP contribution in [0.2, 0.25) is 0 Å². The second-order valence-corrected chi connectivity index (χ2v) is 6.26. The summed E-state index contributed by atoms with van der Waals surface area (Å²) in [5, 5.41) is 13.6. The highest BCUT2D eigenvalue weighted by molar-refractivity contribution is 9.10. The van der Waals surface area contributed by atoms with Crippen LogP contribution in [0.15, 0.2) is 28.7 Å². The second kappa shape index (κ2) is 6.74. The molecule has 0 saturated heterocycles. The minimum atomic E-state index is -1.21. The average Bonchev–Trinajstić information content (AvgIpc) is 2.30. The summed E-state index contributed by atoms with van der Waals surface area (Å²) in [5.41, 5.74) is 0.636. The van der Waals surface area contributed by atoms with Gasteiger partial charge in [0.05, 0.1) is 0 Å². The van der Waals surface area contributed by atoms with Crippen LogP contribution in [0.5, 0.6) is 0 Å². The van der Waals surface area contributed by atoms with Gasteiger partial charge in [0.15, 0.2) is 0 Å². The normalized spacial score (nSPS) is 12.6. The molecule has 1 aromatic carbocycles. The molecule has 0 unspecified atom stereocenters. The van der Waals surface area contributed by atoms with E-state index in [1.54, 1.807) is 0 Å². The number of hydrogen-bond donors (Lipinski definition) is 3. The van der Waals surface area contributed by atoms with E-state index in [4.69, 9.17) is 5.11 Å². The molecule has 2 amide bonds. The number of hydrogen-bond acceptors (Lipinski definition) is 2. The average molecular weight is 343 g/mol. The van der Waals surface area contributed by atoms with Crippen LogP contribution in [0.4, 0.5) is 4.79 Å². The standard InChI is InChI=1S/C14H19BrN2O3/c1-9(16-13(19)20)12(18)17-14(2,3)8-10-4-6-11(15)7-5-10/h4-7,9,16H,8H2,1-3H3,(H,17,18)(H,19,20)/t9-/m0/s1. The molecule has 0 aliphatic heterocycles. The van der Waals surface area contributed by atoms with Crippen molar-refractivity contribution in [2.75, 3.05) is 0 Å². The van der Waals surface area contributed by atoms with Crippen molar-refractivity contribution in [3.63, 3.8) is 0 Å². The third-order valence-electron chi connectivity index (χ3n) is 2.75. The topological polar surface area (TPSA) is 78.4 Å². The van der Waals surface area contributed by atoms with Gasteiger partial charge in [-0.2, -0.15) is 0 Å². The summed E-state index contributed by atoms with van der Waals surface area (Å²) in [6.45, 7) is 5.32. The number of nitrogens with one attached hydrogen (secondary N) is 2. The molecule has 5 nitrogen and oxygen atoms in total. The Morgan fingerprint density at radius 2 is 1.85 bits per heavy atom. The predicted molar refractivity (Wildman–Crippen MR) is 80.7 cm³/mol. The van der Waals surface area contributed by atoms with Gasteiger partial charge in [0.1, 0.15) is 6.04 Å². The molecule has 1 rings (SSSR count). The maximum Gasteiger partial charge on any atom is 0.405 e. The van der Waals surface area contributed by atoms with Gasteiger partial charge in [0.25, 0.3) is 0 Å². The van der Waals surface area contributed by atoms with Gasteiger partial charge in [-0.15, -0.1) is 0 Å². The first-order chi connectivity index (χ1) is 9.19. The van der Waals surface area contributed by atoms with Crippen LogP contribution in [0.1, 0.15) is 26.3 Å². The Kier molecular flexibility index (Phi) is 5.56. The molecule has 0 aliphatic rings. The monoisotopic (exact) mass is 342 g/mol. The Morgan fingerprint density at radius 3 is 2.35 bits per heavy atom. The fraction of sp³-hybridized carbons (Fsp3) is 0.429. The van der Waals surface area contributed by atoms with Crippen LogP contribution >= 0.6 is 15.9 Å². The Hall–Kier alpha value is -1.56. The van der Waals surface area contributed by atoms with Crippen molar-refractivity contribution in [1.82, 2.24) is 10.6 Å². The number of carboxylic acid groups (broad SMARTS) is 1. The van der Waals surface area contributed by atoms with Crippen molar-refractivity contribution in [2.45, 2.75) is 38.8 Å². The summed E-state index contributed by atoms with van der Waals surface area (Å²) in [6.07, 6.45) is -0.551. The first-order valence-electron chi connectivity index (χ1n) is 6.25. The molecule has 1 aromatic rings. The summed E-state index contributed by atoms with van der Waals surface area (Å²) in [6, 6.07) is 7.08. The molecule has 0 bridgehead atoms. The van der Waals surface area contributed by atoms with E-state index in [0.717, 1.165) is 10.0 Å². The third kappa shape index (κ3) is 5.61. The van der Waals surface area contributed by atoms with E-state index in [1.165, 1.54) is 6.92 Å². The van der Waals surface area contributed by atoms with Crippen molar-refractivity contribution in [1.29, 1.82) is 0 Å². The van der Waals surface area contributed by atoms with Gasteiger partial charge in [-0.25, -0.2) is 4.79 Å². The summed E-state index contributed by atoms with van der Waals surface area (Å²) in [7, 11) is 0. The minimum Gasteiger partial charge on any atom is -0.465 e. The van der Waals surface area contributed by atoms with E-state index in [-0.39, 0.29) is 5.91 Å². The fourth-order valence-corrected chi connectivity index (χ4v) is 2.11. The van der Waals surface area contributed by atoms with Gasteiger partial charge in [-0.1, -0.05) is 28.1 Å². The molecule has 110 valence electrons. The molecule has 3 N–H and O–H groups in total. The molecule has 20 heavy (non-hydrogen) atoms. The summed E-state index contributed by atoms with van der Waals surface area (Å²) < 4.78 is 1.00. The van der Waals surface area contributed by atoms with Crippen LogP contribution in [-0.2, 0) is 11.2 Å². The molecular weight excluding hydrogens is 324 g/mol. The first kappa shape index (κ1) is 16.5. The highest BCUT2D eigenvalue weighted by atomic mass is 79.9. The molecule has 0 heterocycles. The molecule has 0 aliphatic carbocycles. The lowest BCUT2D eigenvalue weighted by molar-refractivity contribution is -0.124. The highest BCUT2D eigenvalue weighted by Gasteiger charge is 2.24. The highest BCUT2D eigenvalue weighted by Crippen LogP contribution is 2.16. The van der Waals surface area contributed by atoms with Crippen LogP contribution in [0.25, 0.3) is 0 Å². The number of rotatable bonds is 5. The molecule has 0 aromatic heterocycles. The zero-order valence-corrected chi connectivity index (χ0v) is 13.3. The molecule has 6 heteroatoms.